The van der Waals surface area contributed by atoms with Crippen LogP contribution in [0, 0.1) is 11.7 Å². The first-order chi connectivity index (χ1) is 9.86. The monoisotopic (exact) mass is 304 g/mol. The van der Waals surface area contributed by atoms with Crippen LogP contribution in [0.5, 0.6) is 0 Å². The molecule has 1 aromatic rings. The maximum atomic E-state index is 13.2. The summed E-state index contributed by atoms with van der Waals surface area (Å²) >= 11 is 0. The lowest BCUT2D eigenvalue weighted by atomic mass is 9.98. The molecule has 1 aliphatic rings. The van der Waals surface area contributed by atoms with E-state index in [0.717, 1.165) is 32.0 Å². The molecule has 1 aliphatic heterocycles. The largest absolute Gasteiger partial charge is 0.416 e. The lowest BCUT2D eigenvalue weighted by Crippen LogP contribution is -2.36. The average molecular weight is 304 g/mol. The number of amides is 1. The van der Waals surface area contributed by atoms with Gasteiger partial charge in [0.15, 0.2) is 0 Å². The number of hydrogen-bond acceptors (Lipinski definition) is 2. The SMILES string of the molecule is O=C(NCC1CCNCC1)c1cc(F)cc(C(F)(F)F)c1. The van der Waals surface area contributed by atoms with Crippen molar-refractivity contribution < 1.29 is 22.4 Å². The second-order valence-electron chi connectivity index (χ2n) is 5.13. The predicted molar refractivity (Wildman–Crippen MR) is 69.3 cm³/mol. The molecule has 1 aromatic carbocycles. The van der Waals surface area contributed by atoms with Gasteiger partial charge < -0.3 is 10.6 Å². The Bertz CT molecular complexity index is 510. The number of halogens is 4. The molecule has 2 rings (SSSR count). The fraction of sp³-hybridized carbons (Fsp3) is 0.500. The van der Waals surface area contributed by atoms with E-state index in [9.17, 15) is 22.4 Å². The lowest BCUT2D eigenvalue weighted by molar-refractivity contribution is -0.137. The lowest BCUT2D eigenvalue weighted by Gasteiger charge is -2.22. The highest BCUT2D eigenvalue weighted by atomic mass is 19.4. The van der Waals surface area contributed by atoms with Crippen LogP contribution < -0.4 is 10.6 Å². The van der Waals surface area contributed by atoms with Gasteiger partial charge >= 0.3 is 6.18 Å². The molecule has 0 bridgehead atoms. The topological polar surface area (TPSA) is 41.1 Å². The highest BCUT2D eigenvalue weighted by molar-refractivity contribution is 5.94. The fourth-order valence-electron chi connectivity index (χ4n) is 2.31. The van der Waals surface area contributed by atoms with Gasteiger partial charge in [0.1, 0.15) is 5.82 Å². The van der Waals surface area contributed by atoms with Crippen molar-refractivity contribution in [3.05, 3.63) is 35.1 Å². The van der Waals surface area contributed by atoms with Crippen LogP contribution >= 0.6 is 0 Å². The summed E-state index contributed by atoms with van der Waals surface area (Å²) in [7, 11) is 0. The number of carbonyl (C=O) groups is 1. The van der Waals surface area contributed by atoms with Crippen molar-refractivity contribution in [3.8, 4) is 0 Å². The molecule has 0 saturated carbocycles. The van der Waals surface area contributed by atoms with Gasteiger partial charge in [-0.2, -0.15) is 13.2 Å². The first-order valence-corrected chi connectivity index (χ1v) is 6.73. The molecular weight excluding hydrogens is 288 g/mol. The fourth-order valence-corrected chi connectivity index (χ4v) is 2.31. The van der Waals surface area contributed by atoms with Crippen LogP contribution in [0.3, 0.4) is 0 Å². The van der Waals surface area contributed by atoms with Crippen molar-refractivity contribution in [2.24, 2.45) is 5.92 Å². The van der Waals surface area contributed by atoms with Gasteiger partial charge in [-0.3, -0.25) is 4.79 Å². The van der Waals surface area contributed by atoms with Crippen LogP contribution in [-0.2, 0) is 6.18 Å². The Labute approximate surface area is 119 Å². The predicted octanol–water partition coefficient (Wildman–Crippen LogP) is 2.57. The summed E-state index contributed by atoms with van der Waals surface area (Å²) in [5, 5.41) is 5.75. The van der Waals surface area contributed by atoms with Crippen LogP contribution in [0.25, 0.3) is 0 Å². The van der Waals surface area contributed by atoms with Crippen molar-refractivity contribution >= 4 is 5.91 Å². The third-order valence-corrected chi connectivity index (χ3v) is 3.50. The summed E-state index contributed by atoms with van der Waals surface area (Å²) in [6, 6.07) is 1.86. The number of rotatable bonds is 3. The van der Waals surface area contributed by atoms with Crippen LogP contribution in [0.2, 0.25) is 0 Å². The van der Waals surface area contributed by atoms with Gasteiger partial charge in [-0.25, -0.2) is 4.39 Å². The Hall–Kier alpha value is -1.63. The minimum Gasteiger partial charge on any atom is -0.352 e. The number of benzene rings is 1. The van der Waals surface area contributed by atoms with Crippen molar-refractivity contribution in [2.75, 3.05) is 19.6 Å². The van der Waals surface area contributed by atoms with Crippen LogP contribution in [-0.4, -0.2) is 25.5 Å². The summed E-state index contributed by atoms with van der Waals surface area (Å²) in [5.74, 6) is -1.46. The molecule has 0 radical (unpaired) electrons. The Morgan fingerprint density at radius 1 is 1.24 bits per heavy atom. The molecule has 0 aromatic heterocycles. The number of piperidine rings is 1. The second-order valence-corrected chi connectivity index (χ2v) is 5.13. The molecule has 7 heteroatoms. The van der Waals surface area contributed by atoms with Gasteiger partial charge in [0.25, 0.3) is 5.91 Å². The van der Waals surface area contributed by atoms with Gasteiger partial charge in [-0.15, -0.1) is 0 Å². The van der Waals surface area contributed by atoms with Crippen molar-refractivity contribution in [2.45, 2.75) is 19.0 Å². The van der Waals surface area contributed by atoms with Gasteiger partial charge in [0.2, 0.25) is 0 Å². The maximum absolute atomic E-state index is 13.2. The summed E-state index contributed by atoms with van der Waals surface area (Å²) in [4.78, 5) is 11.9. The van der Waals surface area contributed by atoms with E-state index in [1.165, 1.54) is 0 Å². The van der Waals surface area contributed by atoms with E-state index in [0.29, 0.717) is 24.6 Å². The van der Waals surface area contributed by atoms with Gasteiger partial charge in [-0.05, 0) is 50.0 Å². The third kappa shape index (κ3) is 4.42. The molecule has 1 fully saturated rings. The van der Waals surface area contributed by atoms with Gasteiger partial charge in [0.05, 0.1) is 5.56 Å². The highest BCUT2D eigenvalue weighted by Crippen LogP contribution is 2.30. The smallest absolute Gasteiger partial charge is 0.352 e. The number of carbonyl (C=O) groups excluding carboxylic acids is 1. The van der Waals surface area contributed by atoms with E-state index in [2.05, 4.69) is 10.6 Å². The van der Waals surface area contributed by atoms with Gasteiger partial charge in [-0.1, -0.05) is 0 Å². The van der Waals surface area contributed by atoms with Gasteiger partial charge in [0, 0.05) is 12.1 Å². The van der Waals surface area contributed by atoms with E-state index >= 15 is 0 Å². The van der Waals surface area contributed by atoms with Crippen LogP contribution in [0.1, 0.15) is 28.8 Å². The number of hydrogen-bond donors (Lipinski definition) is 2. The molecule has 0 atom stereocenters. The zero-order valence-corrected chi connectivity index (χ0v) is 11.3. The second kappa shape index (κ2) is 6.43. The molecule has 1 heterocycles. The molecule has 21 heavy (non-hydrogen) atoms. The molecule has 116 valence electrons. The summed E-state index contributed by atoms with van der Waals surface area (Å²) < 4.78 is 51.0. The normalized spacial score (nSPS) is 16.8. The van der Waals surface area contributed by atoms with E-state index < -0.39 is 23.5 Å². The molecule has 0 spiro atoms. The van der Waals surface area contributed by atoms with E-state index in [1.54, 1.807) is 0 Å². The zero-order chi connectivity index (χ0) is 15.5. The maximum Gasteiger partial charge on any atom is 0.416 e. The molecular formula is C14H16F4N2O. The zero-order valence-electron chi connectivity index (χ0n) is 11.3. The summed E-state index contributed by atoms with van der Waals surface area (Å²) in [5.41, 5.74) is -1.47. The molecule has 0 unspecified atom stereocenters. The molecule has 2 N–H and O–H groups in total. The molecule has 1 saturated heterocycles. The Kier molecular flexibility index (Phi) is 4.82. The van der Waals surface area contributed by atoms with Crippen LogP contribution in [0.15, 0.2) is 18.2 Å². The van der Waals surface area contributed by atoms with Crippen molar-refractivity contribution in [1.82, 2.24) is 10.6 Å². The Morgan fingerprint density at radius 2 is 1.90 bits per heavy atom. The first kappa shape index (κ1) is 15.8. The Balaban J connectivity index is 2.03. The first-order valence-electron chi connectivity index (χ1n) is 6.73. The Morgan fingerprint density at radius 3 is 2.52 bits per heavy atom. The van der Waals surface area contributed by atoms with E-state index in [-0.39, 0.29) is 5.56 Å². The van der Waals surface area contributed by atoms with Crippen LogP contribution in [0.4, 0.5) is 17.6 Å². The molecule has 0 aliphatic carbocycles. The van der Waals surface area contributed by atoms with Crippen molar-refractivity contribution in [3.63, 3.8) is 0 Å². The minimum absolute atomic E-state index is 0.297. The number of alkyl halides is 3. The number of nitrogens with one attached hydrogen (secondary N) is 2. The standard InChI is InChI=1S/C14H16F4N2O/c15-12-6-10(5-11(7-12)14(16,17)18)13(21)20-8-9-1-3-19-4-2-9/h5-7,9,19H,1-4,8H2,(H,20,21). The summed E-state index contributed by atoms with van der Waals surface area (Å²) in [6.07, 6.45) is -2.87. The van der Waals surface area contributed by atoms with E-state index in [4.69, 9.17) is 0 Å². The molecule has 1 amide bonds. The minimum atomic E-state index is -4.67. The quantitative estimate of drug-likeness (QED) is 0.843. The van der Waals surface area contributed by atoms with E-state index in [1.807, 2.05) is 0 Å². The average Bonchev–Trinajstić information content (AvgIpc) is 2.44. The highest BCUT2D eigenvalue weighted by Gasteiger charge is 2.32. The van der Waals surface area contributed by atoms with Crippen molar-refractivity contribution in [1.29, 1.82) is 0 Å². The summed E-state index contributed by atoms with van der Waals surface area (Å²) in [6.45, 7) is 2.11. The third-order valence-electron chi connectivity index (χ3n) is 3.50. The molecule has 3 nitrogen and oxygen atoms in total.